The van der Waals surface area contributed by atoms with Crippen molar-refractivity contribution in [1.29, 1.82) is 0 Å². The fourth-order valence-electron chi connectivity index (χ4n) is 2.49. The van der Waals surface area contributed by atoms with Gasteiger partial charge in [-0.25, -0.2) is 0 Å². The Bertz CT molecular complexity index is 562. The van der Waals surface area contributed by atoms with Crippen LogP contribution in [0.1, 0.15) is 12.5 Å². The highest BCUT2D eigenvalue weighted by Gasteiger charge is 2.20. The van der Waals surface area contributed by atoms with Crippen LogP contribution in [0.15, 0.2) is 18.2 Å². The summed E-state index contributed by atoms with van der Waals surface area (Å²) in [5, 5.41) is 15.0. The van der Waals surface area contributed by atoms with Gasteiger partial charge in [0.2, 0.25) is 5.91 Å². The first-order chi connectivity index (χ1) is 11.1. The van der Waals surface area contributed by atoms with Crippen LogP contribution in [-0.2, 0) is 16.0 Å². The molecule has 1 amide bonds. The summed E-state index contributed by atoms with van der Waals surface area (Å²) in [7, 11) is 0. The van der Waals surface area contributed by atoms with Crippen molar-refractivity contribution >= 4 is 17.6 Å². The van der Waals surface area contributed by atoms with Gasteiger partial charge in [-0.2, -0.15) is 0 Å². The third kappa shape index (κ3) is 5.45. The first-order valence-electron chi connectivity index (χ1n) is 7.74. The summed E-state index contributed by atoms with van der Waals surface area (Å²) in [5.74, 6) is -0.136. The van der Waals surface area contributed by atoms with Crippen LogP contribution >= 0.6 is 0 Å². The van der Waals surface area contributed by atoms with Crippen LogP contribution in [0.25, 0.3) is 0 Å². The highest BCUT2D eigenvalue weighted by Crippen LogP contribution is 2.32. The van der Waals surface area contributed by atoms with E-state index in [0.717, 1.165) is 36.5 Å². The molecule has 0 saturated heterocycles. The summed E-state index contributed by atoms with van der Waals surface area (Å²) < 4.78 is 5.58. The summed E-state index contributed by atoms with van der Waals surface area (Å²) in [6, 6.07) is 5.89. The Labute approximate surface area is 135 Å². The van der Waals surface area contributed by atoms with E-state index in [0.29, 0.717) is 19.7 Å². The van der Waals surface area contributed by atoms with Gasteiger partial charge in [-0.1, -0.05) is 6.07 Å². The first kappa shape index (κ1) is 17.1. The molecule has 0 aliphatic carbocycles. The van der Waals surface area contributed by atoms with Gasteiger partial charge < -0.3 is 25.4 Å². The normalized spacial score (nSPS) is 13.2. The molecule has 1 heterocycles. The van der Waals surface area contributed by atoms with Gasteiger partial charge in [0.1, 0.15) is 18.9 Å². The van der Waals surface area contributed by atoms with Crippen molar-refractivity contribution in [3.05, 3.63) is 23.8 Å². The molecule has 2 rings (SSSR count). The molecule has 0 fully saturated rings. The van der Waals surface area contributed by atoms with Gasteiger partial charge in [0.15, 0.2) is 0 Å². The minimum Gasteiger partial charge on any atom is -0.490 e. The van der Waals surface area contributed by atoms with E-state index >= 15 is 0 Å². The van der Waals surface area contributed by atoms with Gasteiger partial charge in [0.05, 0.1) is 12.2 Å². The highest BCUT2D eigenvalue weighted by molar-refractivity contribution is 5.75. The molecule has 3 N–H and O–H groups in total. The molecule has 7 heteroatoms. The number of carbonyl (C=O) groups excluding carboxylic acids is 1. The number of hydrogen-bond donors (Lipinski definition) is 3. The van der Waals surface area contributed by atoms with Crippen LogP contribution in [0, 0.1) is 0 Å². The fraction of sp³-hybridized carbons (Fsp3) is 0.500. The molecule has 0 radical (unpaired) electrons. The van der Waals surface area contributed by atoms with Crippen molar-refractivity contribution in [2.75, 3.05) is 44.2 Å². The number of anilines is 1. The second-order valence-corrected chi connectivity index (χ2v) is 5.45. The van der Waals surface area contributed by atoms with E-state index in [-0.39, 0.29) is 12.5 Å². The zero-order chi connectivity index (χ0) is 16.7. The maximum Gasteiger partial charge on any atom is 0.323 e. The Morgan fingerprint density at radius 1 is 1.30 bits per heavy atom. The number of nitrogens with one attached hydrogen (secondary N) is 2. The van der Waals surface area contributed by atoms with Gasteiger partial charge in [-0.05, 0) is 30.7 Å². The Kier molecular flexibility index (Phi) is 6.22. The van der Waals surface area contributed by atoms with Gasteiger partial charge >= 0.3 is 5.97 Å². The predicted molar refractivity (Wildman–Crippen MR) is 87.0 cm³/mol. The van der Waals surface area contributed by atoms with Crippen molar-refractivity contribution < 1.29 is 19.4 Å². The highest BCUT2D eigenvalue weighted by atomic mass is 16.5. The van der Waals surface area contributed by atoms with E-state index in [2.05, 4.69) is 10.6 Å². The van der Waals surface area contributed by atoms with Crippen LogP contribution in [0.4, 0.5) is 5.69 Å². The standard InChI is InChI=1S/C16H23N3O4/c1-12(20)18-7-6-17-5-4-13-2-3-15-14(10-13)19(8-9-23-15)11-16(21)22/h2-3,10,17H,4-9,11H2,1H3,(H,18,20)(H,21,22). The summed E-state index contributed by atoms with van der Waals surface area (Å²) in [4.78, 5) is 23.5. The van der Waals surface area contributed by atoms with E-state index in [1.54, 1.807) is 0 Å². The second kappa shape index (κ2) is 8.38. The zero-order valence-electron chi connectivity index (χ0n) is 13.3. The van der Waals surface area contributed by atoms with Crippen molar-refractivity contribution in [1.82, 2.24) is 10.6 Å². The number of benzene rings is 1. The lowest BCUT2D eigenvalue weighted by Crippen LogP contribution is -2.36. The first-order valence-corrected chi connectivity index (χ1v) is 7.74. The molecule has 1 aromatic carbocycles. The number of hydrogen-bond acceptors (Lipinski definition) is 5. The van der Waals surface area contributed by atoms with E-state index < -0.39 is 5.97 Å². The van der Waals surface area contributed by atoms with Crippen molar-refractivity contribution in [3.63, 3.8) is 0 Å². The summed E-state index contributed by atoms with van der Waals surface area (Å²) >= 11 is 0. The molecule has 126 valence electrons. The maximum atomic E-state index is 11.0. The number of rotatable bonds is 8. The number of fused-ring (bicyclic) bond motifs is 1. The second-order valence-electron chi connectivity index (χ2n) is 5.45. The molecular formula is C16H23N3O4. The Morgan fingerprint density at radius 2 is 2.13 bits per heavy atom. The fourth-order valence-corrected chi connectivity index (χ4v) is 2.49. The number of nitrogens with zero attached hydrogens (tertiary/aromatic N) is 1. The molecular weight excluding hydrogens is 298 g/mol. The number of carbonyl (C=O) groups is 2. The third-order valence-corrected chi connectivity index (χ3v) is 3.58. The lowest BCUT2D eigenvalue weighted by molar-refractivity contribution is -0.135. The van der Waals surface area contributed by atoms with Crippen LogP contribution in [-0.4, -0.2) is 56.3 Å². The molecule has 0 unspecified atom stereocenters. The summed E-state index contributed by atoms with van der Waals surface area (Å²) in [6.45, 7) is 4.69. The van der Waals surface area contributed by atoms with Crippen molar-refractivity contribution in [2.24, 2.45) is 0 Å². The molecule has 0 aromatic heterocycles. The minimum absolute atomic E-state index is 0.0191. The van der Waals surface area contributed by atoms with Crippen LogP contribution < -0.4 is 20.3 Å². The largest absolute Gasteiger partial charge is 0.490 e. The van der Waals surface area contributed by atoms with E-state index in [1.807, 2.05) is 23.1 Å². The molecule has 23 heavy (non-hydrogen) atoms. The van der Waals surface area contributed by atoms with Crippen LogP contribution in [0.5, 0.6) is 5.75 Å². The van der Waals surface area contributed by atoms with Gasteiger partial charge in [-0.3, -0.25) is 9.59 Å². The predicted octanol–water partition coefficient (Wildman–Crippen LogP) is 0.238. The van der Waals surface area contributed by atoms with Gasteiger partial charge in [-0.15, -0.1) is 0 Å². The maximum absolute atomic E-state index is 11.0. The number of carboxylic acids is 1. The van der Waals surface area contributed by atoms with Gasteiger partial charge in [0.25, 0.3) is 0 Å². The molecule has 0 spiro atoms. The number of amides is 1. The molecule has 0 bridgehead atoms. The van der Waals surface area contributed by atoms with E-state index in [9.17, 15) is 9.59 Å². The molecule has 0 saturated carbocycles. The lowest BCUT2D eigenvalue weighted by atomic mass is 10.1. The Hall–Kier alpha value is -2.28. The molecule has 7 nitrogen and oxygen atoms in total. The number of aliphatic carboxylic acids is 1. The van der Waals surface area contributed by atoms with Crippen molar-refractivity contribution in [3.8, 4) is 5.75 Å². The molecule has 1 aliphatic rings. The number of carboxylic acid groups (broad SMARTS) is 1. The lowest BCUT2D eigenvalue weighted by Gasteiger charge is -2.30. The van der Waals surface area contributed by atoms with Gasteiger partial charge in [0, 0.05) is 20.0 Å². The SMILES string of the molecule is CC(=O)NCCNCCc1ccc2c(c1)N(CC(=O)O)CCO2. The Balaban J connectivity index is 1.86. The van der Waals surface area contributed by atoms with Crippen LogP contribution in [0.3, 0.4) is 0 Å². The van der Waals surface area contributed by atoms with Crippen molar-refractivity contribution in [2.45, 2.75) is 13.3 Å². The molecule has 1 aromatic rings. The van der Waals surface area contributed by atoms with E-state index in [4.69, 9.17) is 9.84 Å². The quantitative estimate of drug-likeness (QED) is 0.594. The van der Waals surface area contributed by atoms with Crippen LogP contribution in [0.2, 0.25) is 0 Å². The third-order valence-electron chi connectivity index (χ3n) is 3.58. The zero-order valence-corrected chi connectivity index (χ0v) is 13.3. The average Bonchev–Trinajstić information content (AvgIpc) is 2.50. The minimum atomic E-state index is -0.845. The van der Waals surface area contributed by atoms with E-state index in [1.165, 1.54) is 6.92 Å². The average molecular weight is 321 g/mol. The smallest absolute Gasteiger partial charge is 0.323 e. The summed E-state index contributed by atoms with van der Waals surface area (Å²) in [5.41, 5.74) is 1.96. The molecule has 0 atom stereocenters. The topological polar surface area (TPSA) is 90.9 Å². The number of ether oxygens (including phenoxy) is 1. The summed E-state index contributed by atoms with van der Waals surface area (Å²) in [6.07, 6.45) is 0.828. The monoisotopic (exact) mass is 321 g/mol. The Morgan fingerprint density at radius 3 is 2.87 bits per heavy atom. The molecule has 1 aliphatic heterocycles.